The maximum atomic E-state index is 7.97. The van der Waals surface area contributed by atoms with E-state index in [4.69, 9.17) is 20.0 Å². The van der Waals surface area contributed by atoms with Crippen LogP contribution >= 0.6 is 24.1 Å². The summed E-state index contributed by atoms with van der Waals surface area (Å²) in [4.78, 5) is 4.58. The van der Waals surface area contributed by atoms with Gasteiger partial charge in [0, 0.05) is 85.3 Å². The van der Waals surface area contributed by atoms with Gasteiger partial charge in [0.05, 0.1) is 37.3 Å². The average Bonchev–Trinajstić information content (AvgIpc) is 2.61. The van der Waals surface area contributed by atoms with Crippen LogP contribution in [0.15, 0.2) is 0 Å². The van der Waals surface area contributed by atoms with Gasteiger partial charge in [-0.05, 0) is 13.1 Å². The van der Waals surface area contributed by atoms with Crippen LogP contribution in [0.2, 0.25) is 0 Å². The van der Waals surface area contributed by atoms with E-state index < -0.39 is 0 Å². The largest absolute Gasteiger partial charge is 0.367 e. The van der Waals surface area contributed by atoms with Gasteiger partial charge in [0.15, 0.2) is 0 Å². The molecular weight excluding hydrogens is 410 g/mol. The van der Waals surface area contributed by atoms with E-state index in [1.165, 1.54) is 0 Å². The SMILES string of the molecule is CCN(CCOCSOOO)CCN(CC)CCOCSOOO.[Na].[Na]. The van der Waals surface area contributed by atoms with Gasteiger partial charge in [-0.3, -0.25) is 0 Å². The van der Waals surface area contributed by atoms with Crippen molar-refractivity contribution < 1.29 is 38.7 Å². The summed E-state index contributed by atoms with van der Waals surface area (Å²) >= 11 is 1.77. The van der Waals surface area contributed by atoms with Crippen LogP contribution in [0.3, 0.4) is 0 Å². The van der Waals surface area contributed by atoms with Gasteiger partial charge >= 0.3 is 0 Å². The van der Waals surface area contributed by atoms with Crippen molar-refractivity contribution in [3.05, 3.63) is 0 Å². The second kappa shape index (κ2) is 27.3. The molecule has 0 aliphatic carbocycles. The first-order valence-corrected chi connectivity index (χ1v) is 9.40. The number of hydrogen-bond donors (Lipinski definition) is 2. The number of likely N-dealkylation sites (N-methyl/N-ethyl adjacent to an activating group) is 2. The number of ether oxygens (including phenoxy) is 2. The Morgan fingerprint density at radius 3 is 1.38 bits per heavy atom. The van der Waals surface area contributed by atoms with E-state index in [-0.39, 0.29) is 59.1 Å². The van der Waals surface area contributed by atoms with Crippen molar-refractivity contribution in [3.8, 4) is 0 Å². The molecule has 0 rings (SSSR count). The van der Waals surface area contributed by atoms with Crippen LogP contribution in [-0.4, -0.2) is 144 Å². The maximum Gasteiger partial charge on any atom is 0.121 e. The molecule has 0 unspecified atom stereocenters. The van der Waals surface area contributed by atoms with Crippen LogP contribution in [0.25, 0.3) is 0 Å². The zero-order valence-electron chi connectivity index (χ0n) is 16.1. The molecule has 0 aromatic carbocycles. The molecule has 0 saturated carbocycles. The number of nitrogens with zero attached hydrogens (tertiary/aromatic N) is 2. The Balaban J connectivity index is -0.00000264. The Bertz CT molecular complexity index is 245. The zero-order chi connectivity index (χ0) is 17.9. The third kappa shape index (κ3) is 22.6. The quantitative estimate of drug-likeness (QED) is 0.0750. The van der Waals surface area contributed by atoms with Gasteiger partial charge < -0.3 is 19.3 Å². The summed E-state index contributed by atoms with van der Waals surface area (Å²) in [5.41, 5.74) is 0. The summed E-state index contributed by atoms with van der Waals surface area (Å²) in [6.45, 7) is 10.8. The van der Waals surface area contributed by atoms with Crippen molar-refractivity contribution in [2.45, 2.75) is 13.8 Å². The molecule has 0 spiro atoms. The minimum Gasteiger partial charge on any atom is -0.367 e. The second-order valence-corrected chi connectivity index (χ2v) is 5.66. The molecule has 14 heteroatoms. The Labute approximate surface area is 208 Å². The third-order valence-electron chi connectivity index (χ3n) is 3.15. The van der Waals surface area contributed by atoms with Gasteiger partial charge in [-0.1, -0.05) is 23.9 Å². The van der Waals surface area contributed by atoms with E-state index in [1.54, 1.807) is 0 Å². The van der Waals surface area contributed by atoms with Crippen molar-refractivity contribution in [1.82, 2.24) is 9.80 Å². The van der Waals surface area contributed by atoms with E-state index in [1.807, 2.05) is 0 Å². The fourth-order valence-electron chi connectivity index (χ4n) is 1.79. The maximum absolute atomic E-state index is 7.97. The summed E-state index contributed by atoms with van der Waals surface area (Å²) < 4.78 is 19.1. The standard InChI is InChI=1S/C12H28N2O8S2.2Na/c1-3-13(7-9-17-11-23-21-19-15)5-6-14(4-2)8-10-18-12-24-22-20-16;;/h15-16H,3-12H2,1-2H3;;. The van der Waals surface area contributed by atoms with Crippen LogP contribution in [0.1, 0.15) is 13.8 Å². The molecule has 0 aliphatic heterocycles. The number of hydrogen-bond acceptors (Lipinski definition) is 12. The molecule has 0 bridgehead atoms. The topological polar surface area (TPSA) is 102 Å². The van der Waals surface area contributed by atoms with E-state index in [0.29, 0.717) is 25.1 Å². The van der Waals surface area contributed by atoms with E-state index in [9.17, 15) is 0 Å². The molecular formula is C12H28N2Na2O8S2. The fourth-order valence-corrected chi connectivity index (χ4v) is 2.33. The first kappa shape index (κ1) is 33.0. The van der Waals surface area contributed by atoms with Gasteiger partial charge in [0.2, 0.25) is 0 Å². The molecule has 0 aromatic rings. The van der Waals surface area contributed by atoms with Crippen molar-refractivity contribution >= 4 is 83.2 Å². The van der Waals surface area contributed by atoms with Crippen molar-refractivity contribution in [2.24, 2.45) is 0 Å². The molecule has 2 radical (unpaired) electrons. The smallest absolute Gasteiger partial charge is 0.121 e. The first-order valence-electron chi connectivity index (χ1n) is 7.58. The van der Waals surface area contributed by atoms with Crippen LogP contribution in [0.5, 0.6) is 0 Å². The van der Waals surface area contributed by atoms with Crippen LogP contribution in [0.4, 0.5) is 0 Å². The van der Waals surface area contributed by atoms with Crippen LogP contribution < -0.4 is 0 Å². The van der Waals surface area contributed by atoms with E-state index in [0.717, 1.165) is 63.4 Å². The molecule has 2 N–H and O–H groups in total. The zero-order valence-corrected chi connectivity index (χ0v) is 21.8. The van der Waals surface area contributed by atoms with Crippen LogP contribution in [-0.2, 0) is 28.2 Å². The molecule has 148 valence electrons. The summed E-state index contributed by atoms with van der Waals surface area (Å²) in [5.74, 6) is 0.583. The Morgan fingerprint density at radius 1 is 0.692 bits per heavy atom. The predicted molar refractivity (Wildman–Crippen MR) is 102 cm³/mol. The monoisotopic (exact) mass is 438 g/mol. The van der Waals surface area contributed by atoms with Gasteiger partial charge in [0.25, 0.3) is 0 Å². The van der Waals surface area contributed by atoms with Crippen LogP contribution in [0, 0.1) is 0 Å². The normalized spacial score (nSPS) is 10.8. The summed E-state index contributed by atoms with van der Waals surface area (Å²) in [7, 11) is 0. The molecule has 0 atom stereocenters. The van der Waals surface area contributed by atoms with E-state index >= 15 is 0 Å². The average molecular weight is 438 g/mol. The molecule has 0 heterocycles. The first-order chi connectivity index (χ1) is 11.8. The molecule has 0 amide bonds. The minimum absolute atomic E-state index is 0. The van der Waals surface area contributed by atoms with Gasteiger partial charge in [0.1, 0.15) is 11.9 Å². The van der Waals surface area contributed by atoms with Crippen molar-refractivity contribution in [3.63, 3.8) is 0 Å². The summed E-state index contributed by atoms with van der Waals surface area (Å²) in [6, 6.07) is 0. The summed E-state index contributed by atoms with van der Waals surface area (Å²) in [5, 5.41) is 22.9. The molecule has 0 saturated heterocycles. The predicted octanol–water partition coefficient (Wildman–Crippen LogP) is 0.956. The number of rotatable bonds is 19. The van der Waals surface area contributed by atoms with Gasteiger partial charge in [-0.15, -0.1) is 8.67 Å². The second-order valence-electron chi connectivity index (χ2n) is 4.44. The molecule has 26 heavy (non-hydrogen) atoms. The third-order valence-corrected chi connectivity index (χ3v) is 3.99. The summed E-state index contributed by atoms with van der Waals surface area (Å²) in [6.07, 6.45) is 0. The van der Waals surface area contributed by atoms with Crippen molar-refractivity contribution in [1.29, 1.82) is 0 Å². The Morgan fingerprint density at radius 2 is 1.08 bits per heavy atom. The fraction of sp³-hybridized carbons (Fsp3) is 1.00. The Hall–Kier alpha value is 2.30. The van der Waals surface area contributed by atoms with Gasteiger partial charge in [-0.2, -0.15) is 0 Å². The van der Waals surface area contributed by atoms with E-state index in [2.05, 4.69) is 42.4 Å². The molecule has 0 fully saturated rings. The van der Waals surface area contributed by atoms with Crippen molar-refractivity contribution in [2.75, 3.05) is 64.4 Å². The molecule has 10 nitrogen and oxygen atoms in total. The molecule has 0 aliphatic rings. The minimum atomic E-state index is 0. The van der Waals surface area contributed by atoms with Gasteiger partial charge in [-0.25, -0.2) is 10.5 Å². The Kier molecular flexibility index (Phi) is 34.6. The molecule has 0 aromatic heterocycles.